The van der Waals surface area contributed by atoms with Crippen molar-refractivity contribution in [2.24, 2.45) is 0 Å². The van der Waals surface area contributed by atoms with Gasteiger partial charge in [-0.3, -0.25) is 0 Å². The third kappa shape index (κ3) is 384. The van der Waals surface area contributed by atoms with Gasteiger partial charge in [0.1, 0.15) is 0 Å². The van der Waals surface area contributed by atoms with E-state index in [0.29, 0.717) is 0 Å². The molecular weight excluding hydrogens is 587 g/mol. The molecule has 0 aromatic heterocycles. The van der Waals surface area contributed by atoms with Crippen molar-refractivity contribution in [3.8, 4) is 0 Å². The van der Waals surface area contributed by atoms with E-state index in [1.54, 1.807) is 0 Å². The first-order chi connectivity index (χ1) is 0. The van der Waals surface area contributed by atoms with Crippen molar-refractivity contribution in [1.29, 1.82) is 0 Å². The summed E-state index contributed by atoms with van der Waals surface area (Å²) in [7, 11) is 0. The minimum absolute atomic E-state index is 0. The van der Waals surface area contributed by atoms with E-state index in [4.69, 9.17) is 0 Å². The SMILES string of the molecule is [Cr+6].[Cr+6].[Cr+6].[Cr+6].[O-2].[O-2].[O-2].[O-2].[O-2].[O-2].[O-2].[O-2].[O-2].[O-2].[O-2].[O-2].[O-2].[Rb+].[Rb+]. The Bertz CT molecular complexity index is 22.6. The van der Waals surface area contributed by atoms with Gasteiger partial charge in [-0.25, -0.2) is 0 Å². The van der Waals surface area contributed by atoms with Gasteiger partial charge in [-0.2, -0.15) is 0 Å². The van der Waals surface area contributed by atoms with Crippen LogP contribution in [0.5, 0.6) is 0 Å². The summed E-state index contributed by atoms with van der Waals surface area (Å²) in [6.45, 7) is 0. The summed E-state index contributed by atoms with van der Waals surface area (Å²) in [5, 5.41) is 0. The van der Waals surface area contributed by atoms with E-state index < -0.39 is 0 Å². The molecule has 0 N–H and O–H groups in total. The molecule has 0 amide bonds. The largest absolute Gasteiger partial charge is 6.00 e. The molecule has 0 aromatic carbocycles. The van der Waals surface area contributed by atoms with Crippen LogP contribution in [-0.4, -0.2) is 0 Å². The van der Waals surface area contributed by atoms with Crippen molar-refractivity contribution in [3.05, 3.63) is 0 Å². The van der Waals surface area contributed by atoms with Crippen molar-refractivity contribution < 1.29 is 257 Å². The maximum absolute atomic E-state index is 0. The summed E-state index contributed by atoms with van der Waals surface area (Å²) >= 11 is 0. The molecule has 19 heteroatoms. The van der Waals surface area contributed by atoms with Gasteiger partial charge in [-0.05, 0) is 0 Å². The van der Waals surface area contributed by atoms with Gasteiger partial charge >= 0.3 is 186 Å². The molecule has 0 spiro atoms. The quantitative estimate of drug-likeness (QED) is 0.255. The molecule has 0 atom stereocenters. The molecule has 13 nitrogen and oxygen atoms in total. The zero-order valence-electron chi connectivity index (χ0n) is 8.94. The molecule has 0 aliphatic heterocycles. The summed E-state index contributed by atoms with van der Waals surface area (Å²) in [5.41, 5.74) is 0. The second-order valence-electron chi connectivity index (χ2n) is 0. The molecule has 0 saturated heterocycles. The predicted octanol–water partition coefficient (Wildman–Crippen LogP) is -7.55. The van der Waals surface area contributed by atoms with Gasteiger partial charge in [0.2, 0.25) is 0 Å². The fourth-order valence-electron chi connectivity index (χ4n) is 0. The van der Waals surface area contributed by atoms with Gasteiger partial charge in [0, 0.05) is 0 Å². The standard InChI is InChI=1S/4Cr.13O.2Rb/q4*+6;13*-2;2*+1. The molecule has 0 aromatic rings. The van der Waals surface area contributed by atoms with E-state index in [9.17, 15) is 0 Å². The van der Waals surface area contributed by atoms with E-state index in [0.717, 1.165) is 0 Å². The van der Waals surface area contributed by atoms with Crippen LogP contribution in [-0.2, 0) is 141 Å². The first-order valence-electron chi connectivity index (χ1n) is 0. The van der Waals surface area contributed by atoms with Gasteiger partial charge in [-0.1, -0.05) is 0 Å². The first kappa shape index (κ1) is 479. The van der Waals surface area contributed by atoms with E-state index in [2.05, 4.69) is 0 Å². The minimum Gasteiger partial charge on any atom is -2.00 e. The molecule has 0 aliphatic rings. The summed E-state index contributed by atoms with van der Waals surface area (Å²) in [6.07, 6.45) is 0. The summed E-state index contributed by atoms with van der Waals surface area (Å²) < 4.78 is 0. The molecule has 104 valence electrons. The smallest absolute Gasteiger partial charge is 2.00 e. The van der Waals surface area contributed by atoms with Gasteiger partial charge < -0.3 is 71.2 Å². The fourth-order valence-corrected chi connectivity index (χ4v) is 0. The molecule has 0 heterocycles. The summed E-state index contributed by atoms with van der Waals surface area (Å²) in [6, 6.07) is 0. The molecule has 0 aliphatic carbocycles. The van der Waals surface area contributed by atoms with Crippen molar-refractivity contribution in [2.75, 3.05) is 0 Å². The van der Waals surface area contributed by atoms with Crippen molar-refractivity contribution >= 4 is 0 Å². The summed E-state index contributed by atoms with van der Waals surface area (Å²) in [5.74, 6) is 0. The monoisotopic (exact) mass is 586 g/mol. The van der Waals surface area contributed by atoms with Crippen LogP contribution in [0, 0.1) is 0 Å². The molecule has 0 unspecified atom stereocenters. The maximum atomic E-state index is 0. The van der Waals surface area contributed by atoms with Crippen LogP contribution < -0.4 is 116 Å². The molecule has 19 heavy (non-hydrogen) atoms. The average Bonchev–Trinajstić information content (AvgIpc) is 0. The predicted molar refractivity (Wildman–Crippen MR) is 8.92 cm³/mol. The second kappa shape index (κ2) is 421. The van der Waals surface area contributed by atoms with Crippen LogP contribution in [0.25, 0.3) is 0 Å². The van der Waals surface area contributed by atoms with Crippen LogP contribution in [0.4, 0.5) is 0 Å². The zero-order chi connectivity index (χ0) is 0. The Balaban J connectivity index is 0. The molecular formula is Cr4O13Rb2. The van der Waals surface area contributed by atoms with Crippen LogP contribution in [0.2, 0.25) is 0 Å². The maximum Gasteiger partial charge on any atom is 6.00 e. The van der Waals surface area contributed by atoms with Gasteiger partial charge in [0.05, 0.1) is 0 Å². The van der Waals surface area contributed by atoms with Gasteiger partial charge in [-0.15, -0.1) is 0 Å². The normalized spacial score (nSPS) is 0. The molecule has 0 rings (SSSR count). The van der Waals surface area contributed by atoms with E-state index in [1.165, 1.54) is 0 Å². The number of rotatable bonds is 0. The van der Waals surface area contributed by atoms with Crippen LogP contribution in [0.1, 0.15) is 0 Å². The van der Waals surface area contributed by atoms with E-state index in [-0.39, 0.29) is 257 Å². The third-order valence-electron chi connectivity index (χ3n) is 0. The van der Waals surface area contributed by atoms with Crippen LogP contribution in [0.15, 0.2) is 0 Å². The fraction of sp³-hybridized carbons (Fsp3) is 0. The van der Waals surface area contributed by atoms with Gasteiger partial charge in [0.15, 0.2) is 0 Å². The van der Waals surface area contributed by atoms with E-state index >= 15 is 0 Å². The Hall–Kier alpha value is 5.22. The topological polar surface area (TPSA) is 370 Å². The Morgan fingerprint density at radius 1 is 0.158 bits per heavy atom. The summed E-state index contributed by atoms with van der Waals surface area (Å²) in [4.78, 5) is 0. The molecule has 0 fully saturated rings. The molecule has 0 saturated carbocycles. The van der Waals surface area contributed by atoms with Crippen molar-refractivity contribution in [3.63, 3.8) is 0 Å². The minimum atomic E-state index is 0. The van der Waals surface area contributed by atoms with E-state index in [1.807, 2.05) is 0 Å². The first-order valence-corrected chi connectivity index (χ1v) is 0. The van der Waals surface area contributed by atoms with Crippen molar-refractivity contribution in [2.45, 2.75) is 0 Å². The number of hydrogen-bond donors (Lipinski definition) is 0. The molecule has 0 radical (unpaired) electrons. The van der Waals surface area contributed by atoms with Crippen LogP contribution >= 0.6 is 0 Å². The van der Waals surface area contributed by atoms with Crippen molar-refractivity contribution in [1.82, 2.24) is 0 Å². The Kier molecular flexibility index (Phi) is 10600. The van der Waals surface area contributed by atoms with Crippen LogP contribution in [0.3, 0.4) is 0 Å². The average molecular weight is 587 g/mol. The number of hydrogen-bond acceptors (Lipinski definition) is 0. The van der Waals surface area contributed by atoms with Gasteiger partial charge in [0.25, 0.3) is 0 Å². The zero-order valence-corrected chi connectivity index (χ0v) is 23.9. The second-order valence-corrected chi connectivity index (χ2v) is 0. The Morgan fingerprint density at radius 2 is 0.158 bits per heavy atom. The molecule has 0 bridgehead atoms. The Morgan fingerprint density at radius 3 is 0.158 bits per heavy atom. The third-order valence-corrected chi connectivity index (χ3v) is 0. The Labute approximate surface area is 251 Å².